The molecule has 0 atom stereocenters. The first-order valence-electron chi connectivity index (χ1n) is 10.5. The molecular weight excluding hydrogens is 412 g/mol. The summed E-state index contributed by atoms with van der Waals surface area (Å²) in [5.74, 6) is -0.130. The molecule has 2 aromatic carbocycles. The molecule has 0 spiro atoms. The molecule has 8 nitrogen and oxygen atoms in total. The first-order valence-corrected chi connectivity index (χ1v) is 10.5. The number of carbonyl (C=O) groups is 3. The fraction of sp³-hybridized carbons (Fsp3) is 0.292. The number of nitrogens with one attached hydrogen (secondary N) is 1. The van der Waals surface area contributed by atoms with Gasteiger partial charge in [0.2, 0.25) is 5.76 Å². The minimum absolute atomic E-state index is 0.0404. The number of carbonyl (C=O) groups excluding carboxylic acids is 3. The Morgan fingerprint density at radius 3 is 2.47 bits per heavy atom. The molecule has 0 saturated carbocycles. The van der Waals surface area contributed by atoms with Gasteiger partial charge >= 0.3 is 0 Å². The molecule has 4 rings (SSSR count). The molecule has 2 amide bonds. The summed E-state index contributed by atoms with van der Waals surface area (Å²) in [6, 6.07) is 13.8. The lowest BCUT2D eigenvalue weighted by molar-refractivity contribution is -0.118. The molecule has 166 valence electrons. The highest BCUT2D eigenvalue weighted by atomic mass is 16.5. The van der Waals surface area contributed by atoms with E-state index in [9.17, 15) is 14.4 Å². The summed E-state index contributed by atoms with van der Waals surface area (Å²) in [6.45, 7) is 3.39. The fourth-order valence-corrected chi connectivity index (χ4v) is 3.50. The van der Waals surface area contributed by atoms with Crippen LogP contribution >= 0.6 is 0 Å². The van der Waals surface area contributed by atoms with Crippen molar-refractivity contribution in [1.82, 2.24) is 4.90 Å². The largest absolute Gasteiger partial charge is 0.484 e. The molecule has 0 radical (unpaired) electrons. The van der Waals surface area contributed by atoms with Gasteiger partial charge in [0.25, 0.3) is 11.8 Å². The van der Waals surface area contributed by atoms with E-state index in [1.165, 1.54) is 0 Å². The van der Waals surface area contributed by atoms with E-state index >= 15 is 0 Å². The number of rotatable bonds is 7. The van der Waals surface area contributed by atoms with Gasteiger partial charge in [0, 0.05) is 30.5 Å². The normalized spacial score (nSPS) is 13.7. The quantitative estimate of drug-likeness (QED) is 0.569. The summed E-state index contributed by atoms with van der Waals surface area (Å²) in [7, 11) is 0. The molecular formula is C24H24N2O6. The Hall–Kier alpha value is -3.65. The molecule has 0 unspecified atom stereocenters. The second kappa shape index (κ2) is 9.65. The molecule has 1 saturated heterocycles. The highest BCUT2D eigenvalue weighted by Gasteiger charge is 2.27. The molecule has 8 heteroatoms. The van der Waals surface area contributed by atoms with Crippen molar-refractivity contribution >= 4 is 34.3 Å². The Balaban J connectivity index is 1.48. The molecule has 0 bridgehead atoms. The molecule has 1 aromatic heterocycles. The van der Waals surface area contributed by atoms with Gasteiger partial charge in [-0.2, -0.15) is 0 Å². The van der Waals surface area contributed by atoms with E-state index in [0.717, 1.165) is 0 Å². The minimum Gasteiger partial charge on any atom is -0.484 e. The van der Waals surface area contributed by atoms with E-state index in [2.05, 4.69) is 5.32 Å². The monoisotopic (exact) mass is 436 g/mol. The smallest absolute Gasteiger partial charge is 0.291 e. The molecule has 2 heterocycles. The van der Waals surface area contributed by atoms with Crippen LogP contribution in [0.15, 0.2) is 52.9 Å². The highest BCUT2D eigenvalue weighted by molar-refractivity contribution is 6.11. The SMILES string of the molecule is CCC(=O)c1ccc(OCC(=O)Nc2c(C(=O)N3CCOCC3)oc3ccccc23)cc1. The number of hydrogen-bond donors (Lipinski definition) is 1. The number of hydrogen-bond acceptors (Lipinski definition) is 6. The number of benzene rings is 2. The van der Waals surface area contributed by atoms with Gasteiger partial charge in [0.15, 0.2) is 12.4 Å². The second-order valence-corrected chi connectivity index (χ2v) is 7.34. The summed E-state index contributed by atoms with van der Waals surface area (Å²) in [5, 5.41) is 3.41. The predicted molar refractivity (Wildman–Crippen MR) is 118 cm³/mol. The standard InChI is InChI=1S/C24H24N2O6/c1-2-19(27)16-7-9-17(10-8-16)31-15-21(28)25-22-18-5-3-4-6-20(18)32-23(22)24(29)26-11-13-30-14-12-26/h3-10H,2,11-15H2,1H3,(H,25,28). The maximum atomic E-state index is 13.0. The lowest BCUT2D eigenvalue weighted by Gasteiger charge is -2.26. The Kier molecular flexibility index (Phi) is 6.51. The van der Waals surface area contributed by atoms with Gasteiger partial charge in [-0.25, -0.2) is 0 Å². The van der Waals surface area contributed by atoms with Crippen LogP contribution in [0, 0.1) is 0 Å². The zero-order valence-corrected chi connectivity index (χ0v) is 17.8. The number of amides is 2. The average molecular weight is 436 g/mol. The van der Waals surface area contributed by atoms with E-state index in [0.29, 0.717) is 60.7 Å². The summed E-state index contributed by atoms with van der Waals surface area (Å²) in [5.41, 5.74) is 1.44. The van der Waals surface area contributed by atoms with E-state index in [1.54, 1.807) is 54.3 Å². The molecule has 1 aliphatic heterocycles. The fourth-order valence-electron chi connectivity index (χ4n) is 3.50. The number of furan rings is 1. The Morgan fingerprint density at radius 2 is 1.75 bits per heavy atom. The molecule has 1 aliphatic rings. The van der Waals surface area contributed by atoms with Gasteiger partial charge in [-0.1, -0.05) is 19.1 Å². The number of Topliss-reactive ketones (excluding diaryl/α,β-unsaturated/α-hetero) is 1. The first-order chi connectivity index (χ1) is 15.6. The van der Waals surface area contributed by atoms with Crippen molar-refractivity contribution in [3.63, 3.8) is 0 Å². The number of fused-ring (bicyclic) bond motifs is 1. The van der Waals surface area contributed by atoms with Crippen molar-refractivity contribution in [2.45, 2.75) is 13.3 Å². The Bertz CT molecular complexity index is 1130. The number of ketones is 1. The number of anilines is 1. The number of nitrogens with zero attached hydrogens (tertiary/aromatic N) is 1. The van der Waals surface area contributed by atoms with Crippen molar-refractivity contribution in [3.8, 4) is 5.75 Å². The van der Waals surface area contributed by atoms with E-state index in [-0.39, 0.29) is 24.1 Å². The third-order valence-electron chi connectivity index (χ3n) is 5.22. The van der Waals surface area contributed by atoms with Crippen LogP contribution in [0.25, 0.3) is 11.0 Å². The second-order valence-electron chi connectivity index (χ2n) is 7.34. The molecule has 1 N–H and O–H groups in total. The maximum Gasteiger partial charge on any atom is 0.291 e. The predicted octanol–water partition coefficient (Wildman–Crippen LogP) is 3.52. The van der Waals surface area contributed by atoms with Crippen molar-refractivity contribution in [2.24, 2.45) is 0 Å². The molecule has 0 aliphatic carbocycles. The average Bonchev–Trinajstić information content (AvgIpc) is 3.21. The number of ether oxygens (including phenoxy) is 2. The molecule has 32 heavy (non-hydrogen) atoms. The summed E-state index contributed by atoms with van der Waals surface area (Å²) in [6.07, 6.45) is 0.423. The van der Waals surface area contributed by atoms with Gasteiger partial charge in [0.05, 0.1) is 13.2 Å². The first kappa shape index (κ1) is 21.6. The lowest BCUT2D eigenvalue weighted by Crippen LogP contribution is -2.40. The Labute approximate surface area is 185 Å². The van der Waals surface area contributed by atoms with Gasteiger partial charge in [-0.15, -0.1) is 0 Å². The van der Waals surface area contributed by atoms with E-state index < -0.39 is 5.91 Å². The van der Waals surface area contributed by atoms with Crippen LogP contribution in [-0.2, 0) is 9.53 Å². The van der Waals surface area contributed by atoms with Crippen molar-refractivity contribution < 1.29 is 28.3 Å². The zero-order chi connectivity index (χ0) is 22.5. The van der Waals surface area contributed by atoms with Crippen LogP contribution in [0.1, 0.15) is 34.3 Å². The van der Waals surface area contributed by atoms with E-state index in [1.807, 2.05) is 6.07 Å². The summed E-state index contributed by atoms with van der Waals surface area (Å²) < 4.78 is 16.7. The van der Waals surface area contributed by atoms with Crippen LogP contribution in [0.3, 0.4) is 0 Å². The minimum atomic E-state index is -0.429. The summed E-state index contributed by atoms with van der Waals surface area (Å²) in [4.78, 5) is 39.0. The van der Waals surface area contributed by atoms with Gasteiger partial charge in [-0.05, 0) is 36.4 Å². The van der Waals surface area contributed by atoms with Crippen molar-refractivity contribution in [2.75, 3.05) is 38.2 Å². The van der Waals surface area contributed by atoms with Gasteiger partial charge < -0.3 is 24.1 Å². The van der Waals surface area contributed by atoms with Crippen molar-refractivity contribution in [1.29, 1.82) is 0 Å². The lowest BCUT2D eigenvalue weighted by atomic mass is 10.1. The van der Waals surface area contributed by atoms with Crippen LogP contribution in [0.5, 0.6) is 5.75 Å². The van der Waals surface area contributed by atoms with Gasteiger partial charge in [-0.3, -0.25) is 14.4 Å². The Morgan fingerprint density at radius 1 is 1.03 bits per heavy atom. The third kappa shape index (κ3) is 4.65. The molecule has 3 aromatic rings. The topological polar surface area (TPSA) is 98.1 Å². The van der Waals surface area contributed by atoms with Crippen molar-refractivity contribution in [3.05, 3.63) is 59.9 Å². The summed E-state index contributed by atoms with van der Waals surface area (Å²) >= 11 is 0. The zero-order valence-electron chi connectivity index (χ0n) is 17.8. The van der Waals surface area contributed by atoms with Crippen LogP contribution in [0.2, 0.25) is 0 Å². The maximum absolute atomic E-state index is 13.0. The molecule has 1 fully saturated rings. The van der Waals surface area contributed by atoms with Crippen LogP contribution in [0.4, 0.5) is 5.69 Å². The van der Waals surface area contributed by atoms with E-state index in [4.69, 9.17) is 13.9 Å². The van der Waals surface area contributed by atoms with Crippen LogP contribution < -0.4 is 10.1 Å². The number of morpholine rings is 1. The van der Waals surface area contributed by atoms with Crippen LogP contribution in [-0.4, -0.2) is 55.4 Å². The number of para-hydroxylation sites is 1. The third-order valence-corrected chi connectivity index (χ3v) is 5.22. The van der Waals surface area contributed by atoms with Gasteiger partial charge in [0.1, 0.15) is 17.0 Å². The highest BCUT2D eigenvalue weighted by Crippen LogP contribution is 2.32.